The number of carbonyl (C=O) groups excluding carboxylic acids is 3. The van der Waals surface area contributed by atoms with Gasteiger partial charge < -0.3 is 35.5 Å². The Hall–Kier alpha value is -4.37. The summed E-state index contributed by atoms with van der Waals surface area (Å²) < 4.78 is 30.4. The number of thiophene rings is 1. The molecular weight excluding hydrogens is 609 g/mol. The van der Waals surface area contributed by atoms with Crippen LogP contribution in [0, 0.1) is 5.82 Å². The van der Waals surface area contributed by atoms with Gasteiger partial charge in [0.25, 0.3) is 5.91 Å². The highest BCUT2D eigenvalue weighted by Gasteiger charge is 2.52. The van der Waals surface area contributed by atoms with E-state index in [0.717, 1.165) is 15.4 Å². The molecule has 0 bridgehead atoms. The van der Waals surface area contributed by atoms with E-state index in [-0.39, 0.29) is 37.8 Å². The van der Waals surface area contributed by atoms with Gasteiger partial charge in [-0.15, -0.1) is 11.3 Å². The Balaban J connectivity index is 1.05. The van der Waals surface area contributed by atoms with Crippen LogP contribution in [-0.2, 0) is 25.6 Å². The molecule has 4 heterocycles. The van der Waals surface area contributed by atoms with Crippen molar-refractivity contribution in [2.75, 3.05) is 32.0 Å². The first-order valence-electron chi connectivity index (χ1n) is 13.7. The van der Waals surface area contributed by atoms with Gasteiger partial charge in [-0.2, -0.15) is 0 Å². The molecule has 2 aromatic carbocycles. The minimum atomic E-state index is -1.05. The monoisotopic (exact) mass is 637 g/mol. The molecule has 44 heavy (non-hydrogen) atoms. The van der Waals surface area contributed by atoms with Gasteiger partial charge in [0.1, 0.15) is 33.4 Å². The molecule has 0 unspecified atom stereocenters. The molecule has 2 saturated heterocycles. The molecule has 14 heteroatoms. The number of hydrogen-bond acceptors (Lipinski definition) is 10. The Kier molecular flexibility index (Phi) is 8.57. The second-order valence-electron chi connectivity index (χ2n) is 10.2. The SMILES string of the molecule is Nc1cnc(-c2csc(CNC(=O)[C@@H]3CC4(CN3C(=O)CNC(=O)c3ccc(Oc5ccc(F)cc5)cc3)OCCO4)c2)s1. The van der Waals surface area contributed by atoms with Crippen LogP contribution in [-0.4, -0.2) is 65.7 Å². The van der Waals surface area contributed by atoms with Crippen molar-refractivity contribution in [3.05, 3.63) is 82.4 Å². The fraction of sp³-hybridized carbons (Fsp3) is 0.267. The first kappa shape index (κ1) is 29.7. The van der Waals surface area contributed by atoms with Crippen molar-refractivity contribution in [1.29, 1.82) is 0 Å². The fourth-order valence-corrected chi connectivity index (χ4v) is 6.56. The molecule has 1 spiro atoms. The zero-order valence-corrected chi connectivity index (χ0v) is 24.9. The van der Waals surface area contributed by atoms with Crippen molar-refractivity contribution in [2.45, 2.75) is 24.8 Å². The number of amides is 3. The van der Waals surface area contributed by atoms with Gasteiger partial charge >= 0.3 is 0 Å². The molecule has 2 fully saturated rings. The number of hydrogen-bond donors (Lipinski definition) is 3. The lowest BCUT2D eigenvalue weighted by atomic mass is 10.1. The predicted octanol–water partition coefficient (Wildman–Crippen LogP) is 3.78. The van der Waals surface area contributed by atoms with Crippen molar-refractivity contribution in [1.82, 2.24) is 20.5 Å². The molecule has 0 aliphatic carbocycles. The van der Waals surface area contributed by atoms with Crippen LogP contribution in [0.3, 0.4) is 0 Å². The lowest BCUT2D eigenvalue weighted by Gasteiger charge is -2.24. The van der Waals surface area contributed by atoms with E-state index in [1.165, 1.54) is 51.8 Å². The standard InChI is InChI=1S/C30H28FN5O6S2/c31-20-3-7-22(8-4-20)42-21-5-1-18(2-6-21)27(38)34-15-26(37)36-17-30(40-9-10-41-30)12-24(36)28(39)33-13-23-11-19(16-43-23)29-35-14-25(32)44-29/h1-8,11,14,16,24H,9-10,12-13,15,17,32H2,(H,33,39)(H,34,38)/t24-/m0/s1. The molecule has 4 aromatic rings. The quantitative estimate of drug-likeness (QED) is 0.252. The van der Waals surface area contributed by atoms with Crippen molar-refractivity contribution in [3.8, 4) is 22.1 Å². The molecule has 4 N–H and O–H groups in total. The second kappa shape index (κ2) is 12.7. The van der Waals surface area contributed by atoms with Gasteiger partial charge in [0.05, 0.1) is 39.0 Å². The summed E-state index contributed by atoms with van der Waals surface area (Å²) in [6, 6.07) is 13.0. The molecule has 2 aliphatic heterocycles. The van der Waals surface area contributed by atoms with Gasteiger partial charge in [0, 0.05) is 27.8 Å². The largest absolute Gasteiger partial charge is 0.457 e. The van der Waals surface area contributed by atoms with Crippen LogP contribution in [0.1, 0.15) is 21.7 Å². The van der Waals surface area contributed by atoms with Gasteiger partial charge in [-0.1, -0.05) is 11.3 Å². The highest BCUT2D eigenvalue weighted by molar-refractivity contribution is 7.19. The number of likely N-dealkylation sites (tertiary alicyclic amines) is 1. The summed E-state index contributed by atoms with van der Waals surface area (Å²) in [4.78, 5) is 46.1. The molecule has 3 amide bonds. The van der Waals surface area contributed by atoms with Gasteiger partial charge in [-0.25, -0.2) is 9.37 Å². The Morgan fingerprint density at radius 3 is 2.45 bits per heavy atom. The highest BCUT2D eigenvalue weighted by Crippen LogP contribution is 2.35. The van der Waals surface area contributed by atoms with Gasteiger partial charge in [0.2, 0.25) is 11.8 Å². The number of nitrogens with one attached hydrogen (secondary N) is 2. The average Bonchev–Trinajstić information content (AvgIpc) is 3.84. The van der Waals surface area contributed by atoms with Crippen LogP contribution in [0.2, 0.25) is 0 Å². The van der Waals surface area contributed by atoms with E-state index in [4.69, 9.17) is 19.9 Å². The Morgan fingerprint density at radius 2 is 1.77 bits per heavy atom. The third-order valence-electron chi connectivity index (χ3n) is 7.16. The Morgan fingerprint density at radius 1 is 1.07 bits per heavy atom. The Bertz CT molecular complexity index is 1650. The summed E-state index contributed by atoms with van der Waals surface area (Å²) in [6.45, 7) is 0.761. The lowest BCUT2D eigenvalue weighted by molar-refractivity contribution is -0.152. The van der Waals surface area contributed by atoms with E-state index < -0.39 is 23.6 Å². The smallest absolute Gasteiger partial charge is 0.251 e. The summed E-state index contributed by atoms with van der Waals surface area (Å²) in [5.74, 6) is -1.76. The molecule has 11 nitrogen and oxygen atoms in total. The van der Waals surface area contributed by atoms with Crippen LogP contribution < -0.4 is 21.1 Å². The number of ether oxygens (including phenoxy) is 3. The van der Waals surface area contributed by atoms with Gasteiger partial charge in [-0.3, -0.25) is 14.4 Å². The third kappa shape index (κ3) is 6.73. The summed E-state index contributed by atoms with van der Waals surface area (Å²) in [7, 11) is 0. The summed E-state index contributed by atoms with van der Waals surface area (Å²) in [6.07, 6.45) is 1.79. The van der Waals surface area contributed by atoms with Crippen molar-refractivity contribution in [3.63, 3.8) is 0 Å². The zero-order valence-electron chi connectivity index (χ0n) is 23.3. The normalized spacial score (nSPS) is 17.1. The Labute approximate surface area is 259 Å². The van der Waals surface area contributed by atoms with Crippen LogP contribution in [0.15, 0.2) is 66.2 Å². The van der Waals surface area contributed by atoms with E-state index in [1.807, 2.05) is 11.4 Å². The van der Waals surface area contributed by atoms with E-state index in [9.17, 15) is 18.8 Å². The second-order valence-corrected chi connectivity index (χ2v) is 12.3. The zero-order chi connectivity index (χ0) is 30.7. The number of rotatable bonds is 9. The lowest BCUT2D eigenvalue weighted by Crippen LogP contribution is -2.49. The van der Waals surface area contributed by atoms with Crippen LogP contribution in [0.25, 0.3) is 10.6 Å². The van der Waals surface area contributed by atoms with Crippen LogP contribution >= 0.6 is 22.7 Å². The predicted molar refractivity (Wildman–Crippen MR) is 162 cm³/mol. The maximum atomic E-state index is 13.3. The minimum Gasteiger partial charge on any atom is -0.457 e. The molecule has 0 saturated carbocycles. The van der Waals surface area contributed by atoms with Crippen LogP contribution in [0.5, 0.6) is 11.5 Å². The maximum Gasteiger partial charge on any atom is 0.251 e. The maximum absolute atomic E-state index is 13.3. The molecule has 2 aromatic heterocycles. The number of anilines is 1. The molecule has 0 radical (unpaired) electrons. The number of thiazole rings is 1. The average molecular weight is 638 g/mol. The number of halogens is 1. The van der Waals surface area contributed by atoms with E-state index in [0.29, 0.717) is 35.3 Å². The number of carbonyl (C=O) groups is 3. The van der Waals surface area contributed by atoms with Crippen LogP contribution in [0.4, 0.5) is 9.39 Å². The van der Waals surface area contributed by atoms with Crippen molar-refractivity contribution >= 4 is 45.4 Å². The summed E-state index contributed by atoms with van der Waals surface area (Å²) in [5.41, 5.74) is 7.03. The van der Waals surface area contributed by atoms with E-state index in [1.54, 1.807) is 30.5 Å². The summed E-state index contributed by atoms with van der Waals surface area (Å²) in [5, 5.41) is 8.94. The molecule has 228 valence electrons. The highest BCUT2D eigenvalue weighted by atomic mass is 32.1. The van der Waals surface area contributed by atoms with Crippen molar-refractivity contribution in [2.24, 2.45) is 0 Å². The summed E-state index contributed by atoms with van der Waals surface area (Å²) >= 11 is 2.87. The number of nitrogens with two attached hydrogens (primary N) is 1. The minimum absolute atomic E-state index is 0.0732. The first-order chi connectivity index (χ1) is 21.3. The van der Waals surface area contributed by atoms with Gasteiger partial charge in [0.15, 0.2) is 5.79 Å². The number of nitrogen functional groups attached to an aromatic ring is 1. The molecular formula is C30H28FN5O6S2. The fourth-order valence-electron chi connectivity index (χ4n) is 5.01. The number of benzene rings is 2. The topological polar surface area (TPSA) is 145 Å². The van der Waals surface area contributed by atoms with Crippen molar-refractivity contribution < 1.29 is 33.0 Å². The van der Waals surface area contributed by atoms with E-state index >= 15 is 0 Å². The van der Waals surface area contributed by atoms with Gasteiger partial charge in [-0.05, 0) is 54.6 Å². The van der Waals surface area contributed by atoms with E-state index in [2.05, 4.69) is 15.6 Å². The molecule has 2 aliphatic rings. The molecule has 1 atom stereocenters. The number of nitrogens with zero attached hydrogens (tertiary/aromatic N) is 2. The third-order valence-corrected chi connectivity index (χ3v) is 8.97. The molecule has 6 rings (SSSR count). The number of aromatic nitrogens is 1. The first-order valence-corrected chi connectivity index (χ1v) is 15.4.